The minimum atomic E-state index is -0.354. The summed E-state index contributed by atoms with van der Waals surface area (Å²) in [7, 11) is 0. The average molecular weight is 231 g/mol. The Morgan fingerprint density at radius 2 is 2.31 bits per heavy atom. The minimum Gasteiger partial charge on any atom is -0.394 e. The number of ether oxygens (including phenoxy) is 2. The van der Waals surface area contributed by atoms with E-state index in [9.17, 15) is 5.11 Å². The van der Waals surface area contributed by atoms with Gasteiger partial charge in [-0.15, -0.1) is 0 Å². The summed E-state index contributed by atoms with van der Waals surface area (Å²) >= 11 is 0. The highest BCUT2D eigenvalue weighted by Gasteiger charge is 2.25. The fourth-order valence-corrected chi connectivity index (χ4v) is 2.02. The van der Waals surface area contributed by atoms with E-state index in [2.05, 4.69) is 19.2 Å². The third-order valence-corrected chi connectivity index (χ3v) is 2.73. The van der Waals surface area contributed by atoms with Gasteiger partial charge in [-0.3, -0.25) is 0 Å². The summed E-state index contributed by atoms with van der Waals surface area (Å²) < 4.78 is 11.1. The summed E-state index contributed by atoms with van der Waals surface area (Å²) in [4.78, 5) is 0. The van der Waals surface area contributed by atoms with Crippen LogP contribution in [0.3, 0.4) is 0 Å². The van der Waals surface area contributed by atoms with Crippen molar-refractivity contribution in [2.45, 2.75) is 51.3 Å². The summed E-state index contributed by atoms with van der Waals surface area (Å²) in [6, 6.07) is 0.337. The molecule has 0 aromatic rings. The molecular weight excluding hydrogens is 206 g/mol. The summed E-state index contributed by atoms with van der Waals surface area (Å²) in [5, 5.41) is 12.7. The highest BCUT2D eigenvalue weighted by Crippen LogP contribution is 2.13. The van der Waals surface area contributed by atoms with E-state index >= 15 is 0 Å². The molecule has 96 valence electrons. The summed E-state index contributed by atoms with van der Waals surface area (Å²) in [6.07, 6.45) is 2.48. The summed E-state index contributed by atoms with van der Waals surface area (Å²) in [5.41, 5.74) is -0.354. The minimum absolute atomic E-state index is 0.0801. The molecule has 2 unspecified atom stereocenters. The first-order valence-corrected chi connectivity index (χ1v) is 6.13. The average Bonchev–Trinajstić information content (AvgIpc) is 2.69. The van der Waals surface area contributed by atoms with Gasteiger partial charge in [0, 0.05) is 12.6 Å². The van der Waals surface area contributed by atoms with Crippen molar-refractivity contribution in [3.05, 3.63) is 0 Å². The largest absolute Gasteiger partial charge is 0.394 e. The van der Waals surface area contributed by atoms with Crippen LogP contribution in [0.25, 0.3) is 0 Å². The zero-order valence-corrected chi connectivity index (χ0v) is 10.7. The molecule has 4 heteroatoms. The Bertz CT molecular complexity index is 193. The van der Waals surface area contributed by atoms with Crippen LogP contribution < -0.4 is 5.32 Å². The van der Waals surface area contributed by atoms with Crippen LogP contribution in [0, 0.1) is 0 Å². The van der Waals surface area contributed by atoms with E-state index < -0.39 is 0 Å². The smallest absolute Gasteiger partial charge is 0.0809 e. The molecule has 16 heavy (non-hydrogen) atoms. The lowest BCUT2D eigenvalue weighted by Gasteiger charge is -2.31. The molecule has 0 radical (unpaired) electrons. The van der Waals surface area contributed by atoms with Gasteiger partial charge in [0.1, 0.15) is 0 Å². The Balaban J connectivity index is 2.21. The molecule has 1 heterocycles. The molecule has 1 rings (SSSR count). The first-order chi connectivity index (χ1) is 7.56. The SMILES string of the molecule is CC(C)NC(C)(CO)COCC1CCCO1. The molecule has 2 N–H and O–H groups in total. The molecule has 0 spiro atoms. The fourth-order valence-electron chi connectivity index (χ4n) is 2.02. The van der Waals surface area contributed by atoms with Gasteiger partial charge in [-0.05, 0) is 19.8 Å². The highest BCUT2D eigenvalue weighted by atomic mass is 16.5. The number of nitrogens with one attached hydrogen (secondary N) is 1. The van der Waals surface area contributed by atoms with E-state index in [1.165, 1.54) is 0 Å². The predicted octanol–water partition coefficient (Wildman–Crippen LogP) is 0.931. The molecule has 0 aromatic heterocycles. The molecule has 1 aliphatic heterocycles. The predicted molar refractivity (Wildman–Crippen MR) is 63.6 cm³/mol. The zero-order valence-electron chi connectivity index (χ0n) is 10.7. The van der Waals surface area contributed by atoms with Crippen molar-refractivity contribution in [1.82, 2.24) is 5.32 Å². The maximum atomic E-state index is 9.35. The third-order valence-electron chi connectivity index (χ3n) is 2.73. The van der Waals surface area contributed by atoms with Gasteiger partial charge in [-0.2, -0.15) is 0 Å². The first-order valence-electron chi connectivity index (χ1n) is 6.13. The van der Waals surface area contributed by atoms with Gasteiger partial charge in [-0.1, -0.05) is 13.8 Å². The molecule has 1 aliphatic rings. The van der Waals surface area contributed by atoms with Gasteiger partial charge in [-0.25, -0.2) is 0 Å². The Morgan fingerprint density at radius 3 is 2.81 bits per heavy atom. The van der Waals surface area contributed by atoms with E-state index in [0.29, 0.717) is 19.3 Å². The number of hydrogen-bond acceptors (Lipinski definition) is 4. The summed E-state index contributed by atoms with van der Waals surface area (Å²) in [5.74, 6) is 0. The van der Waals surface area contributed by atoms with E-state index in [1.54, 1.807) is 0 Å². The van der Waals surface area contributed by atoms with Crippen molar-refractivity contribution in [3.8, 4) is 0 Å². The van der Waals surface area contributed by atoms with Gasteiger partial charge < -0.3 is 19.9 Å². The second-order valence-corrected chi connectivity index (χ2v) is 5.17. The molecule has 0 amide bonds. The molecule has 0 bridgehead atoms. The van der Waals surface area contributed by atoms with E-state index in [4.69, 9.17) is 9.47 Å². The molecule has 0 aromatic carbocycles. The van der Waals surface area contributed by atoms with E-state index in [-0.39, 0.29) is 18.2 Å². The van der Waals surface area contributed by atoms with Crippen LogP contribution >= 0.6 is 0 Å². The number of rotatable bonds is 7. The number of hydrogen-bond donors (Lipinski definition) is 2. The van der Waals surface area contributed by atoms with Crippen molar-refractivity contribution in [2.24, 2.45) is 0 Å². The lowest BCUT2D eigenvalue weighted by atomic mass is 10.0. The van der Waals surface area contributed by atoms with Gasteiger partial charge in [0.2, 0.25) is 0 Å². The van der Waals surface area contributed by atoms with Crippen LogP contribution in [0.5, 0.6) is 0 Å². The van der Waals surface area contributed by atoms with E-state index in [0.717, 1.165) is 19.4 Å². The van der Waals surface area contributed by atoms with Gasteiger partial charge in [0.15, 0.2) is 0 Å². The lowest BCUT2D eigenvalue weighted by Crippen LogP contribution is -2.52. The maximum absolute atomic E-state index is 9.35. The van der Waals surface area contributed by atoms with Crippen molar-refractivity contribution < 1.29 is 14.6 Å². The molecule has 1 fully saturated rings. The quantitative estimate of drug-likeness (QED) is 0.684. The normalized spacial score (nSPS) is 24.9. The standard InChI is InChI=1S/C12H25NO3/c1-10(2)13-12(3,8-14)9-15-7-11-5-4-6-16-11/h10-11,13-14H,4-9H2,1-3H3. The van der Waals surface area contributed by atoms with Crippen LogP contribution in [0.2, 0.25) is 0 Å². The van der Waals surface area contributed by atoms with E-state index in [1.807, 2.05) is 6.92 Å². The monoisotopic (exact) mass is 231 g/mol. The second-order valence-electron chi connectivity index (χ2n) is 5.17. The van der Waals surface area contributed by atoms with Crippen LogP contribution in [-0.2, 0) is 9.47 Å². The Labute approximate surface area is 98.3 Å². The molecule has 4 nitrogen and oxygen atoms in total. The molecule has 1 saturated heterocycles. The van der Waals surface area contributed by atoms with Crippen molar-refractivity contribution in [1.29, 1.82) is 0 Å². The van der Waals surface area contributed by atoms with Crippen LogP contribution in [0.1, 0.15) is 33.6 Å². The van der Waals surface area contributed by atoms with Crippen LogP contribution in [-0.4, -0.2) is 49.2 Å². The first kappa shape index (κ1) is 13.9. The molecule has 2 atom stereocenters. The Kier molecular flexibility index (Phi) is 5.69. The topological polar surface area (TPSA) is 50.7 Å². The summed E-state index contributed by atoms with van der Waals surface area (Å²) in [6.45, 7) is 8.19. The van der Waals surface area contributed by atoms with Gasteiger partial charge in [0.05, 0.1) is 31.5 Å². The molecule has 0 aliphatic carbocycles. The fraction of sp³-hybridized carbons (Fsp3) is 1.00. The van der Waals surface area contributed by atoms with Crippen LogP contribution in [0.4, 0.5) is 0 Å². The maximum Gasteiger partial charge on any atom is 0.0809 e. The number of aliphatic hydroxyl groups is 1. The number of aliphatic hydroxyl groups excluding tert-OH is 1. The second kappa shape index (κ2) is 6.55. The zero-order chi connectivity index (χ0) is 12.0. The molecular formula is C12H25NO3. The van der Waals surface area contributed by atoms with Crippen molar-refractivity contribution >= 4 is 0 Å². The Hall–Kier alpha value is -0.160. The lowest BCUT2D eigenvalue weighted by molar-refractivity contribution is -0.0150. The Morgan fingerprint density at radius 1 is 1.56 bits per heavy atom. The molecule has 0 saturated carbocycles. The third kappa shape index (κ3) is 4.78. The highest BCUT2D eigenvalue weighted by molar-refractivity contribution is 4.83. The van der Waals surface area contributed by atoms with Gasteiger partial charge in [0.25, 0.3) is 0 Å². The van der Waals surface area contributed by atoms with Crippen molar-refractivity contribution in [3.63, 3.8) is 0 Å². The van der Waals surface area contributed by atoms with Crippen molar-refractivity contribution in [2.75, 3.05) is 26.4 Å². The van der Waals surface area contributed by atoms with Crippen LogP contribution in [0.15, 0.2) is 0 Å². The van der Waals surface area contributed by atoms with Gasteiger partial charge >= 0.3 is 0 Å².